The van der Waals surface area contributed by atoms with Crippen molar-refractivity contribution in [2.75, 3.05) is 26.7 Å². The fourth-order valence-electron chi connectivity index (χ4n) is 2.62. The maximum absolute atomic E-state index is 12.5. The van der Waals surface area contributed by atoms with Crippen molar-refractivity contribution in [2.45, 2.75) is 37.1 Å². The fourth-order valence-corrected chi connectivity index (χ4v) is 4.02. The molecule has 8 heteroatoms. The van der Waals surface area contributed by atoms with Gasteiger partial charge >= 0.3 is 0 Å². The van der Waals surface area contributed by atoms with E-state index in [-0.39, 0.29) is 16.2 Å². The molecule has 0 saturated carbocycles. The van der Waals surface area contributed by atoms with Crippen LogP contribution in [0.1, 0.15) is 26.2 Å². The molecule has 1 aliphatic rings. The van der Waals surface area contributed by atoms with Gasteiger partial charge in [0.15, 0.2) is 0 Å². The molecule has 118 valence electrons. The largest absolute Gasteiger partial charge is 0.303 e. The zero-order chi connectivity index (χ0) is 15.5. The Morgan fingerprint density at radius 1 is 1.33 bits per heavy atom. The lowest BCUT2D eigenvalue weighted by Gasteiger charge is -2.35. The lowest BCUT2D eigenvalue weighted by atomic mass is 10.1. The number of sulfonamides is 1. The van der Waals surface area contributed by atoms with E-state index in [1.54, 1.807) is 7.05 Å². The van der Waals surface area contributed by atoms with E-state index in [0.717, 1.165) is 38.9 Å². The maximum atomic E-state index is 12.5. The Bertz CT molecular complexity index is 556. The van der Waals surface area contributed by atoms with E-state index in [9.17, 15) is 8.42 Å². The van der Waals surface area contributed by atoms with Crippen molar-refractivity contribution >= 4 is 21.6 Å². The molecule has 0 spiro atoms. The van der Waals surface area contributed by atoms with Crippen LogP contribution >= 0.6 is 11.6 Å². The SMILES string of the molecule is CCCN1CCC(N(C)S(=O)(=O)c2cnc(Cl)nc2)CC1. The molecule has 0 atom stereocenters. The van der Waals surface area contributed by atoms with Crippen molar-refractivity contribution in [3.05, 3.63) is 17.7 Å². The van der Waals surface area contributed by atoms with E-state index in [1.165, 1.54) is 16.7 Å². The third-order valence-electron chi connectivity index (χ3n) is 3.88. The lowest BCUT2D eigenvalue weighted by Crippen LogP contribution is -2.45. The monoisotopic (exact) mass is 332 g/mol. The van der Waals surface area contributed by atoms with Crippen molar-refractivity contribution in [1.82, 2.24) is 19.2 Å². The van der Waals surface area contributed by atoms with Crippen molar-refractivity contribution in [2.24, 2.45) is 0 Å². The van der Waals surface area contributed by atoms with Crippen molar-refractivity contribution in [1.29, 1.82) is 0 Å². The molecule has 0 unspecified atom stereocenters. The van der Waals surface area contributed by atoms with Crippen LogP contribution in [0.25, 0.3) is 0 Å². The average Bonchev–Trinajstić information content (AvgIpc) is 2.48. The van der Waals surface area contributed by atoms with Crippen LogP contribution in [0, 0.1) is 0 Å². The molecule has 0 aliphatic carbocycles. The molecule has 1 aliphatic heterocycles. The highest BCUT2D eigenvalue weighted by Gasteiger charge is 2.31. The third kappa shape index (κ3) is 3.91. The summed E-state index contributed by atoms with van der Waals surface area (Å²) < 4.78 is 26.5. The van der Waals surface area contributed by atoms with Crippen molar-refractivity contribution in [3.8, 4) is 0 Å². The van der Waals surface area contributed by atoms with Crippen LogP contribution in [0.5, 0.6) is 0 Å². The number of nitrogens with zero attached hydrogens (tertiary/aromatic N) is 4. The average molecular weight is 333 g/mol. The molecule has 2 heterocycles. The number of likely N-dealkylation sites (tertiary alicyclic amines) is 1. The molecule has 1 fully saturated rings. The van der Waals surface area contributed by atoms with Gasteiger partial charge < -0.3 is 4.90 Å². The summed E-state index contributed by atoms with van der Waals surface area (Å²) in [4.78, 5) is 9.96. The number of halogens is 1. The number of hydrogen-bond donors (Lipinski definition) is 0. The molecule has 21 heavy (non-hydrogen) atoms. The first-order valence-electron chi connectivity index (χ1n) is 7.13. The van der Waals surface area contributed by atoms with E-state index in [4.69, 9.17) is 11.6 Å². The van der Waals surface area contributed by atoms with Crippen molar-refractivity contribution in [3.63, 3.8) is 0 Å². The van der Waals surface area contributed by atoms with Crippen LogP contribution in [0.2, 0.25) is 5.28 Å². The van der Waals surface area contributed by atoms with Gasteiger partial charge in [-0.2, -0.15) is 4.31 Å². The summed E-state index contributed by atoms with van der Waals surface area (Å²) in [6.45, 7) is 5.11. The molecule has 0 amide bonds. The van der Waals surface area contributed by atoms with E-state index in [1.807, 2.05) is 0 Å². The predicted molar refractivity (Wildman–Crippen MR) is 81.7 cm³/mol. The van der Waals surface area contributed by atoms with Gasteiger partial charge in [0.05, 0.1) is 12.4 Å². The predicted octanol–water partition coefficient (Wildman–Crippen LogP) is 1.62. The molecular weight excluding hydrogens is 312 g/mol. The molecule has 6 nitrogen and oxygen atoms in total. The van der Waals surface area contributed by atoms with Gasteiger partial charge in [-0.1, -0.05) is 6.92 Å². The van der Waals surface area contributed by atoms with E-state index in [2.05, 4.69) is 21.8 Å². The van der Waals surface area contributed by atoms with Gasteiger partial charge in [0, 0.05) is 13.1 Å². The second-order valence-electron chi connectivity index (χ2n) is 5.28. The second kappa shape index (κ2) is 7.00. The summed E-state index contributed by atoms with van der Waals surface area (Å²) >= 11 is 5.60. The molecule has 1 aromatic heterocycles. The number of piperidine rings is 1. The Morgan fingerprint density at radius 3 is 2.43 bits per heavy atom. The summed E-state index contributed by atoms with van der Waals surface area (Å²) in [5.74, 6) is 0. The van der Waals surface area contributed by atoms with Gasteiger partial charge in [0.1, 0.15) is 4.90 Å². The normalized spacial score (nSPS) is 18.3. The Labute approximate surface area is 131 Å². The van der Waals surface area contributed by atoms with E-state index < -0.39 is 10.0 Å². The summed E-state index contributed by atoms with van der Waals surface area (Å²) in [6.07, 6.45) is 5.34. The van der Waals surface area contributed by atoms with Gasteiger partial charge in [-0.15, -0.1) is 0 Å². The zero-order valence-electron chi connectivity index (χ0n) is 12.4. The third-order valence-corrected chi connectivity index (χ3v) is 5.94. The Hall–Kier alpha value is -0.760. The molecule has 0 N–H and O–H groups in total. The number of hydrogen-bond acceptors (Lipinski definition) is 5. The summed E-state index contributed by atoms with van der Waals surface area (Å²) in [7, 11) is -1.92. The highest BCUT2D eigenvalue weighted by atomic mass is 35.5. The first-order chi connectivity index (χ1) is 9.95. The first-order valence-corrected chi connectivity index (χ1v) is 8.95. The second-order valence-corrected chi connectivity index (χ2v) is 7.62. The molecular formula is C13H21ClN4O2S. The molecule has 0 radical (unpaired) electrons. The van der Waals surface area contributed by atoms with E-state index >= 15 is 0 Å². The molecule has 1 saturated heterocycles. The van der Waals surface area contributed by atoms with Crippen LogP contribution < -0.4 is 0 Å². The van der Waals surface area contributed by atoms with Crippen LogP contribution in [0.3, 0.4) is 0 Å². The highest BCUT2D eigenvalue weighted by Crippen LogP contribution is 2.22. The van der Waals surface area contributed by atoms with Gasteiger partial charge in [0.25, 0.3) is 0 Å². The van der Waals surface area contributed by atoms with Gasteiger partial charge in [0.2, 0.25) is 15.3 Å². The zero-order valence-corrected chi connectivity index (χ0v) is 13.9. The first kappa shape index (κ1) is 16.6. The minimum absolute atomic E-state index is 0.0267. The summed E-state index contributed by atoms with van der Waals surface area (Å²) in [5, 5.41) is 0.0458. The van der Waals surface area contributed by atoms with Gasteiger partial charge in [-0.25, -0.2) is 18.4 Å². The van der Waals surface area contributed by atoms with E-state index in [0.29, 0.717) is 0 Å². The molecule has 0 aromatic carbocycles. The fraction of sp³-hybridized carbons (Fsp3) is 0.692. The van der Waals surface area contributed by atoms with Crippen LogP contribution in [0.15, 0.2) is 17.3 Å². The van der Waals surface area contributed by atoms with Crippen LogP contribution in [-0.2, 0) is 10.0 Å². The van der Waals surface area contributed by atoms with Gasteiger partial charge in [-0.05, 0) is 50.5 Å². The van der Waals surface area contributed by atoms with Crippen LogP contribution in [0.4, 0.5) is 0 Å². The highest BCUT2D eigenvalue weighted by molar-refractivity contribution is 7.89. The molecule has 2 rings (SSSR count). The topological polar surface area (TPSA) is 66.4 Å². The lowest BCUT2D eigenvalue weighted by molar-refractivity contribution is 0.170. The Kier molecular flexibility index (Phi) is 5.54. The Balaban J connectivity index is 2.05. The minimum Gasteiger partial charge on any atom is -0.303 e. The van der Waals surface area contributed by atoms with Gasteiger partial charge in [-0.3, -0.25) is 0 Å². The molecule has 0 bridgehead atoms. The smallest absolute Gasteiger partial charge is 0.246 e. The standard InChI is InChI=1S/C13H21ClN4O2S/c1-3-6-18-7-4-11(5-8-18)17(2)21(19,20)12-9-15-13(14)16-10-12/h9-11H,3-8H2,1-2H3. The number of aromatic nitrogens is 2. The van der Waals surface area contributed by atoms with Crippen LogP contribution in [-0.4, -0.2) is 60.3 Å². The number of rotatable bonds is 5. The maximum Gasteiger partial charge on any atom is 0.246 e. The summed E-state index contributed by atoms with van der Waals surface area (Å²) in [6, 6.07) is 0.0267. The molecule has 1 aromatic rings. The Morgan fingerprint density at radius 2 is 1.90 bits per heavy atom. The summed E-state index contributed by atoms with van der Waals surface area (Å²) in [5.41, 5.74) is 0. The minimum atomic E-state index is -3.55. The quantitative estimate of drug-likeness (QED) is 0.767. The van der Waals surface area contributed by atoms with Crippen molar-refractivity contribution < 1.29 is 8.42 Å².